The molecule has 5 nitrogen and oxygen atoms in total. The first-order chi connectivity index (χ1) is 30.1. The van der Waals surface area contributed by atoms with Gasteiger partial charge in [0.25, 0.3) is 6.33 Å². The zero-order valence-electron chi connectivity index (χ0n) is 38.5. The van der Waals surface area contributed by atoms with Crippen LogP contribution in [0.15, 0.2) is 152 Å². The van der Waals surface area contributed by atoms with Crippen LogP contribution in [0.4, 0.5) is 0 Å². The van der Waals surface area contributed by atoms with Crippen LogP contribution < -0.4 is 9.30 Å². The van der Waals surface area contributed by atoms with Gasteiger partial charge in [-0.2, -0.15) is 12.1 Å². The fourth-order valence-corrected chi connectivity index (χ4v) is 8.70. The van der Waals surface area contributed by atoms with E-state index in [4.69, 9.17) is 9.72 Å². The summed E-state index contributed by atoms with van der Waals surface area (Å²) in [5.41, 5.74) is 11.7. The third-order valence-corrected chi connectivity index (χ3v) is 12.4. The number of benzene rings is 6. The minimum atomic E-state index is -0.234. The van der Waals surface area contributed by atoms with Gasteiger partial charge >= 0.3 is 0 Å². The second-order valence-electron chi connectivity index (χ2n) is 19.7. The molecule has 0 amide bonds. The molecule has 64 heavy (non-hydrogen) atoms. The smallest absolute Gasteiger partial charge is 0.267 e. The molecular weight excluding hydrogens is 964 g/mol. The van der Waals surface area contributed by atoms with Crippen LogP contribution in [-0.4, -0.2) is 14.1 Å². The molecule has 326 valence electrons. The van der Waals surface area contributed by atoms with E-state index in [2.05, 4.69) is 241 Å². The normalized spacial score (nSPS) is 12.2. The van der Waals surface area contributed by atoms with Gasteiger partial charge in [0.1, 0.15) is 5.82 Å². The number of rotatable bonds is 9. The number of aromatic nitrogens is 4. The van der Waals surface area contributed by atoms with Crippen LogP contribution in [0.1, 0.15) is 103 Å². The van der Waals surface area contributed by atoms with E-state index in [0.29, 0.717) is 17.4 Å². The summed E-state index contributed by atoms with van der Waals surface area (Å²) in [4.78, 5) is 4.97. The molecule has 0 N–H and O–H groups in total. The molecule has 9 rings (SSSR count). The van der Waals surface area contributed by atoms with Crippen molar-refractivity contribution in [3.05, 3.63) is 198 Å². The third-order valence-electron chi connectivity index (χ3n) is 12.4. The van der Waals surface area contributed by atoms with Crippen LogP contribution >= 0.6 is 0 Å². The minimum absolute atomic E-state index is 0. The molecule has 0 unspecified atom stereocenters. The maximum Gasteiger partial charge on any atom is 0.267 e. The SMILES string of the molecule is CC(C)c1ccccc1-c1cc(Oc2[c-]c3c(cc2)c2ccccc2n3-c2cc(C(C)(C)c3ccccc3)ccn2)[c-]c(-n2[c-][n+](-c3cccc(C(C)(C)C)c3)cc2C(C)(C)C)c1.[Pt]. The van der Waals surface area contributed by atoms with Crippen LogP contribution in [0, 0.1) is 18.5 Å². The summed E-state index contributed by atoms with van der Waals surface area (Å²) >= 11 is 0. The number of hydrogen-bond acceptors (Lipinski definition) is 2. The molecule has 6 heteroatoms. The van der Waals surface area contributed by atoms with Gasteiger partial charge in [-0.3, -0.25) is 4.57 Å². The van der Waals surface area contributed by atoms with Crippen molar-refractivity contribution in [2.45, 2.75) is 91.4 Å². The van der Waals surface area contributed by atoms with Crippen molar-refractivity contribution in [1.82, 2.24) is 14.1 Å². The van der Waals surface area contributed by atoms with E-state index in [9.17, 15) is 0 Å². The number of para-hydroxylation sites is 1. The van der Waals surface area contributed by atoms with Crippen LogP contribution in [0.3, 0.4) is 0 Å². The second-order valence-corrected chi connectivity index (χ2v) is 19.7. The van der Waals surface area contributed by atoms with Gasteiger partial charge in [0.2, 0.25) is 0 Å². The van der Waals surface area contributed by atoms with Crippen molar-refractivity contribution in [1.29, 1.82) is 0 Å². The molecule has 3 aromatic heterocycles. The van der Waals surface area contributed by atoms with E-state index in [-0.39, 0.29) is 37.3 Å². The molecule has 0 atom stereocenters. The van der Waals surface area contributed by atoms with E-state index in [1.54, 1.807) is 0 Å². The first kappa shape index (κ1) is 44.6. The first-order valence-corrected chi connectivity index (χ1v) is 22.1. The Bertz CT molecular complexity index is 3120. The largest absolute Gasteiger partial charge is 0.510 e. The summed E-state index contributed by atoms with van der Waals surface area (Å²) < 4.78 is 13.4. The number of ether oxygens (including phenoxy) is 1. The van der Waals surface area contributed by atoms with Crippen molar-refractivity contribution in [2.24, 2.45) is 0 Å². The molecular formula is C58H56N4OPt-2. The van der Waals surface area contributed by atoms with E-state index in [1.807, 2.05) is 12.3 Å². The quantitative estimate of drug-likeness (QED) is 0.107. The van der Waals surface area contributed by atoms with Crippen LogP contribution in [0.2, 0.25) is 0 Å². The molecule has 0 aliphatic rings. The third kappa shape index (κ3) is 8.51. The molecule has 0 fully saturated rings. The van der Waals surface area contributed by atoms with Gasteiger partial charge < -0.3 is 13.9 Å². The summed E-state index contributed by atoms with van der Waals surface area (Å²) in [6, 6.07) is 56.8. The van der Waals surface area contributed by atoms with Gasteiger partial charge in [0.05, 0.1) is 11.4 Å². The van der Waals surface area contributed by atoms with E-state index in [1.165, 1.54) is 22.3 Å². The number of nitrogens with zero attached hydrogens (tertiary/aromatic N) is 4. The van der Waals surface area contributed by atoms with Gasteiger partial charge in [-0.25, -0.2) is 4.98 Å². The molecule has 0 spiro atoms. The average molecular weight is 1020 g/mol. The Morgan fingerprint density at radius 3 is 2.09 bits per heavy atom. The van der Waals surface area contributed by atoms with Crippen LogP contribution in [0.25, 0.3) is 50.1 Å². The predicted octanol–water partition coefficient (Wildman–Crippen LogP) is 14.1. The predicted molar refractivity (Wildman–Crippen MR) is 258 cm³/mol. The van der Waals surface area contributed by atoms with Crippen molar-refractivity contribution in [2.75, 3.05) is 0 Å². The molecule has 0 aliphatic carbocycles. The van der Waals surface area contributed by atoms with Gasteiger partial charge in [0.15, 0.2) is 0 Å². The first-order valence-electron chi connectivity index (χ1n) is 22.1. The Labute approximate surface area is 393 Å². The second kappa shape index (κ2) is 17.2. The number of imidazole rings is 1. The number of fused-ring (bicyclic) bond motifs is 3. The molecule has 3 heterocycles. The Hall–Kier alpha value is -6.03. The fraction of sp³-hybridized carbons (Fsp3) is 0.241. The van der Waals surface area contributed by atoms with E-state index >= 15 is 0 Å². The Kier molecular flexibility index (Phi) is 12.0. The molecule has 0 radical (unpaired) electrons. The summed E-state index contributed by atoms with van der Waals surface area (Å²) in [5, 5.41) is 2.21. The van der Waals surface area contributed by atoms with Crippen molar-refractivity contribution < 1.29 is 30.4 Å². The maximum atomic E-state index is 6.93. The summed E-state index contributed by atoms with van der Waals surface area (Å²) in [7, 11) is 0. The topological polar surface area (TPSA) is 35.9 Å². The molecule has 0 saturated heterocycles. The van der Waals surface area contributed by atoms with Crippen LogP contribution in [0.5, 0.6) is 11.5 Å². The Balaban J connectivity index is 0.00000560. The molecule has 6 aromatic carbocycles. The average Bonchev–Trinajstić information content (AvgIpc) is 3.87. The standard InChI is InChI=1S/C58H56N4O.Pt/c1-39(2)48-23-14-15-24-49(48)40-31-45(61-38-60(37-54(61)57(6,7)8)44-22-18-21-42(33-44)56(3,4)5)35-47(32-40)63-46-27-28-51-50-25-16-17-26-52(50)62(53(51)36-46)55-34-43(29-30-59-55)58(9,10)41-19-12-11-13-20-41;/h11-34,37,39H,1-10H3;/q-2;. The zero-order valence-corrected chi connectivity index (χ0v) is 40.8. The fourth-order valence-electron chi connectivity index (χ4n) is 8.70. The molecule has 0 bridgehead atoms. The monoisotopic (exact) mass is 1020 g/mol. The zero-order chi connectivity index (χ0) is 44.3. The van der Waals surface area contributed by atoms with Gasteiger partial charge in [-0.15, -0.1) is 35.2 Å². The minimum Gasteiger partial charge on any atom is -0.510 e. The van der Waals surface area contributed by atoms with Gasteiger partial charge in [-0.05, 0) is 86.0 Å². The summed E-state index contributed by atoms with van der Waals surface area (Å²) in [5.74, 6) is 2.33. The van der Waals surface area contributed by atoms with Crippen molar-refractivity contribution in [3.8, 4) is 39.8 Å². The Morgan fingerprint density at radius 2 is 1.34 bits per heavy atom. The Morgan fingerprint density at radius 1 is 0.625 bits per heavy atom. The number of pyridine rings is 1. The maximum absolute atomic E-state index is 6.93. The van der Waals surface area contributed by atoms with Crippen LogP contribution in [-0.2, 0) is 37.3 Å². The van der Waals surface area contributed by atoms with Crippen molar-refractivity contribution >= 4 is 21.8 Å². The summed E-state index contributed by atoms with van der Waals surface area (Å²) in [6.07, 6.45) is 7.85. The molecule has 9 aromatic rings. The van der Waals surface area contributed by atoms with E-state index in [0.717, 1.165) is 55.8 Å². The van der Waals surface area contributed by atoms with Gasteiger partial charge in [0, 0.05) is 55.9 Å². The molecule has 0 aliphatic heterocycles. The molecule has 0 saturated carbocycles. The van der Waals surface area contributed by atoms with Gasteiger partial charge in [-0.1, -0.05) is 160 Å². The van der Waals surface area contributed by atoms with E-state index < -0.39 is 0 Å². The van der Waals surface area contributed by atoms with Crippen molar-refractivity contribution in [3.63, 3.8) is 0 Å². The number of hydrogen-bond donors (Lipinski definition) is 0. The summed E-state index contributed by atoms with van der Waals surface area (Å²) in [6.45, 7) is 22.5.